The van der Waals surface area contributed by atoms with Gasteiger partial charge in [-0.05, 0) is 49.7 Å². The third-order valence-electron chi connectivity index (χ3n) is 4.33. The maximum Gasteiger partial charge on any atom is 0.119 e. The highest BCUT2D eigenvalue weighted by Gasteiger charge is 2.08. The van der Waals surface area contributed by atoms with Crippen molar-refractivity contribution < 1.29 is 4.74 Å². The maximum atomic E-state index is 6.36. The first-order chi connectivity index (χ1) is 12.2. The minimum absolute atomic E-state index is 0.742. The maximum absolute atomic E-state index is 6.36. The van der Waals surface area contributed by atoms with E-state index in [0.717, 1.165) is 60.1 Å². The molecule has 0 saturated carbocycles. The number of hydrogen-bond donors (Lipinski definition) is 0. The first-order valence-corrected chi connectivity index (χ1v) is 9.40. The fraction of sp³-hybridized carbons (Fsp3) is 0.364. The third-order valence-corrected chi connectivity index (χ3v) is 4.52. The van der Waals surface area contributed by atoms with E-state index in [1.807, 2.05) is 37.3 Å². The molecule has 0 bridgehead atoms. The number of rotatable bonds is 9. The number of nitrogens with zero attached hydrogens (tertiary/aromatic N) is 1. The van der Waals surface area contributed by atoms with Crippen LogP contribution in [0.3, 0.4) is 0 Å². The fourth-order valence-corrected chi connectivity index (χ4v) is 3.12. The normalized spacial score (nSPS) is 12.2. The molecule has 0 N–H and O–H groups in total. The predicted octanol–water partition coefficient (Wildman–Crippen LogP) is 5.82. The minimum Gasteiger partial charge on any atom is -0.494 e. The van der Waals surface area contributed by atoms with Crippen LogP contribution in [0.5, 0.6) is 5.75 Å². The van der Waals surface area contributed by atoms with Gasteiger partial charge in [0, 0.05) is 17.2 Å². The summed E-state index contributed by atoms with van der Waals surface area (Å²) in [5.74, 6) is 0.905. The molecule has 0 unspecified atom stereocenters. The van der Waals surface area contributed by atoms with Gasteiger partial charge in [-0.15, -0.1) is 0 Å². The van der Waals surface area contributed by atoms with E-state index in [-0.39, 0.29) is 0 Å². The lowest BCUT2D eigenvalue weighted by atomic mass is 9.98. The molecule has 0 fully saturated rings. The van der Waals surface area contributed by atoms with Crippen molar-refractivity contribution in [3.05, 3.63) is 70.8 Å². The Balaban J connectivity index is 1.98. The molecule has 134 valence electrons. The van der Waals surface area contributed by atoms with Crippen molar-refractivity contribution in [2.24, 2.45) is 0 Å². The first-order valence-electron chi connectivity index (χ1n) is 9.03. The van der Waals surface area contributed by atoms with Gasteiger partial charge in [0.25, 0.3) is 0 Å². The van der Waals surface area contributed by atoms with Gasteiger partial charge in [-0.1, -0.05) is 67.9 Å². The van der Waals surface area contributed by atoms with Crippen molar-refractivity contribution >= 4 is 17.2 Å². The average molecular weight is 358 g/mol. The Morgan fingerprint density at radius 1 is 0.920 bits per heavy atom. The van der Waals surface area contributed by atoms with Gasteiger partial charge in [0.15, 0.2) is 0 Å². The summed E-state index contributed by atoms with van der Waals surface area (Å²) < 4.78 is 5.87. The van der Waals surface area contributed by atoms with Crippen LogP contribution in [0.2, 0.25) is 0 Å². The van der Waals surface area contributed by atoms with Gasteiger partial charge in [0.2, 0.25) is 0 Å². The molecule has 0 heterocycles. The predicted molar refractivity (Wildman–Crippen MR) is 108 cm³/mol. The Kier molecular flexibility index (Phi) is 8.03. The molecule has 0 spiro atoms. The first kappa shape index (κ1) is 19.6. The van der Waals surface area contributed by atoms with E-state index in [4.69, 9.17) is 16.3 Å². The molecule has 0 atom stereocenters. The van der Waals surface area contributed by atoms with Gasteiger partial charge < -0.3 is 9.64 Å². The van der Waals surface area contributed by atoms with Gasteiger partial charge in [0.05, 0.1) is 6.61 Å². The monoisotopic (exact) mass is 357 g/mol. The SMILES string of the molecule is CCN(CC)CCCOc1ccc(/C(=C(\C)Cl)c2ccccc2)cc1. The lowest BCUT2D eigenvalue weighted by Gasteiger charge is -2.17. The number of benzene rings is 2. The molecule has 2 aromatic rings. The summed E-state index contributed by atoms with van der Waals surface area (Å²) in [6, 6.07) is 18.4. The molecule has 0 radical (unpaired) electrons. The van der Waals surface area contributed by atoms with Gasteiger partial charge in [0.1, 0.15) is 5.75 Å². The lowest BCUT2D eigenvalue weighted by Crippen LogP contribution is -2.25. The molecule has 2 aromatic carbocycles. The van der Waals surface area contributed by atoms with Crippen LogP contribution in [0.1, 0.15) is 38.3 Å². The average Bonchev–Trinajstić information content (AvgIpc) is 2.64. The molecule has 2 rings (SSSR count). The van der Waals surface area contributed by atoms with E-state index in [2.05, 4.69) is 43.0 Å². The smallest absolute Gasteiger partial charge is 0.119 e. The molecule has 0 aliphatic heterocycles. The van der Waals surface area contributed by atoms with E-state index in [9.17, 15) is 0 Å². The number of allylic oxidation sites excluding steroid dienone is 1. The molecular formula is C22H28ClNO. The second-order valence-electron chi connectivity index (χ2n) is 6.03. The highest BCUT2D eigenvalue weighted by molar-refractivity contribution is 6.33. The highest BCUT2D eigenvalue weighted by Crippen LogP contribution is 2.29. The van der Waals surface area contributed by atoms with Gasteiger partial charge >= 0.3 is 0 Å². The van der Waals surface area contributed by atoms with Crippen LogP contribution < -0.4 is 4.74 Å². The van der Waals surface area contributed by atoms with E-state index in [0.29, 0.717) is 0 Å². The summed E-state index contributed by atoms with van der Waals surface area (Å²) in [6.07, 6.45) is 1.04. The van der Waals surface area contributed by atoms with Crippen molar-refractivity contribution in [3.8, 4) is 5.75 Å². The Bertz CT molecular complexity index is 656. The summed E-state index contributed by atoms with van der Waals surface area (Å²) in [4.78, 5) is 2.41. The number of halogens is 1. The zero-order chi connectivity index (χ0) is 18.1. The Morgan fingerprint density at radius 2 is 1.52 bits per heavy atom. The molecular weight excluding hydrogens is 330 g/mol. The molecule has 25 heavy (non-hydrogen) atoms. The van der Waals surface area contributed by atoms with Crippen LogP contribution in [0, 0.1) is 0 Å². The van der Waals surface area contributed by atoms with Crippen LogP contribution in [-0.4, -0.2) is 31.1 Å². The van der Waals surface area contributed by atoms with Crippen LogP contribution in [0.25, 0.3) is 5.57 Å². The standard InChI is InChI=1S/C22H28ClNO/c1-4-24(5-2)16-9-17-25-21-14-12-20(13-15-21)22(18(3)23)19-10-7-6-8-11-19/h6-8,10-15H,4-5,9,16-17H2,1-3H3/b22-18+. The van der Waals surface area contributed by atoms with Crippen molar-refractivity contribution in [2.45, 2.75) is 27.2 Å². The zero-order valence-corrected chi connectivity index (χ0v) is 16.2. The molecule has 0 aliphatic rings. The summed E-state index contributed by atoms with van der Waals surface area (Å²) in [5, 5.41) is 0.791. The topological polar surface area (TPSA) is 12.5 Å². The van der Waals surface area contributed by atoms with Crippen LogP contribution in [-0.2, 0) is 0 Å². The molecule has 0 saturated heterocycles. The summed E-state index contributed by atoms with van der Waals surface area (Å²) >= 11 is 6.36. The second kappa shape index (κ2) is 10.3. The van der Waals surface area contributed by atoms with E-state index in [1.54, 1.807) is 0 Å². The largest absolute Gasteiger partial charge is 0.494 e. The number of ether oxygens (including phenoxy) is 1. The van der Waals surface area contributed by atoms with Crippen molar-refractivity contribution in [2.75, 3.05) is 26.2 Å². The highest BCUT2D eigenvalue weighted by atomic mass is 35.5. The Morgan fingerprint density at radius 3 is 2.08 bits per heavy atom. The summed E-state index contributed by atoms with van der Waals surface area (Å²) in [7, 11) is 0. The quantitative estimate of drug-likeness (QED) is 0.524. The number of hydrogen-bond acceptors (Lipinski definition) is 2. The van der Waals surface area contributed by atoms with Crippen molar-refractivity contribution in [1.29, 1.82) is 0 Å². The van der Waals surface area contributed by atoms with E-state index >= 15 is 0 Å². The van der Waals surface area contributed by atoms with Crippen molar-refractivity contribution in [1.82, 2.24) is 4.90 Å². The van der Waals surface area contributed by atoms with Gasteiger partial charge in [-0.2, -0.15) is 0 Å². The summed E-state index contributed by atoms with van der Waals surface area (Å²) in [5.41, 5.74) is 3.30. The summed E-state index contributed by atoms with van der Waals surface area (Å²) in [6.45, 7) is 10.3. The van der Waals surface area contributed by atoms with Crippen molar-refractivity contribution in [3.63, 3.8) is 0 Å². The second-order valence-corrected chi connectivity index (χ2v) is 6.59. The van der Waals surface area contributed by atoms with E-state index in [1.165, 1.54) is 0 Å². The molecule has 0 aliphatic carbocycles. The van der Waals surface area contributed by atoms with Gasteiger partial charge in [-0.3, -0.25) is 0 Å². The molecule has 2 nitrogen and oxygen atoms in total. The fourth-order valence-electron chi connectivity index (χ4n) is 2.91. The Hall–Kier alpha value is -1.77. The molecule has 0 amide bonds. The van der Waals surface area contributed by atoms with Crippen LogP contribution in [0.15, 0.2) is 59.6 Å². The Labute approximate surface area is 157 Å². The zero-order valence-electron chi connectivity index (χ0n) is 15.5. The van der Waals surface area contributed by atoms with E-state index < -0.39 is 0 Å². The van der Waals surface area contributed by atoms with Crippen LogP contribution in [0.4, 0.5) is 0 Å². The van der Waals surface area contributed by atoms with Crippen LogP contribution >= 0.6 is 11.6 Å². The third kappa shape index (κ3) is 5.91. The minimum atomic E-state index is 0.742. The lowest BCUT2D eigenvalue weighted by molar-refractivity contribution is 0.249. The van der Waals surface area contributed by atoms with Gasteiger partial charge in [-0.25, -0.2) is 0 Å². The molecule has 3 heteroatoms. The molecule has 0 aromatic heterocycles.